The standard InChI is InChI=1S/C12H17NO3/c1-11(2)7-16-10(13-11)8-5-4-6-12(3,15)9(8)14/h4-6,10,13,15H,7H2,1-3H3. The number of rotatable bonds is 1. The fraction of sp³-hybridized carbons (Fsp3) is 0.583. The van der Waals surface area contributed by atoms with Crippen LogP contribution in [0.4, 0.5) is 0 Å². The van der Waals surface area contributed by atoms with Gasteiger partial charge in [-0.2, -0.15) is 0 Å². The molecule has 0 aromatic carbocycles. The van der Waals surface area contributed by atoms with E-state index in [4.69, 9.17) is 4.74 Å². The molecule has 1 saturated heterocycles. The number of nitrogens with one attached hydrogen (secondary N) is 1. The van der Waals surface area contributed by atoms with Crippen LogP contribution in [-0.2, 0) is 9.53 Å². The van der Waals surface area contributed by atoms with Crippen LogP contribution in [0.5, 0.6) is 0 Å². The molecule has 16 heavy (non-hydrogen) atoms. The van der Waals surface area contributed by atoms with Crippen molar-refractivity contribution in [3.63, 3.8) is 0 Å². The average molecular weight is 223 g/mol. The number of Topliss-reactive ketones (excluding diaryl/α,β-unsaturated/α-hetero) is 1. The fourth-order valence-corrected chi connectivity index (χ4v) is 1.89. The number of carbonyl (C=O) groups is 1. The number of ether oxygens (including phenoxy) is 1. The molecule has 0 aromatic rings. The molecule has 2 atom stereocenters. The highest BCUT2D eigenvalue weighted by Gasteiger charge is 2.40. The molecule has 1 aliphatic carbocycles. The minimum absolute atomic E-state index is 0.140. The zero-order chi connectivity index (χ0) is 12.0. The van der Waals surface area contributed by atoms with Gasteiger partial charge >= 0.3 is 0 Å². The number of ketones is 1. The maximum atomic E-state index is 12.0. The quantitative estimate of drug-likeness (QED) is 0.680. The summed E-state index contributed by atoms with van der Waals surface area (Å²) in [5, 5.41) is 13.1. The molecule has 1 heterocycles. The molecule has 2 N–H and O–H groups in total. The van der Waals surface area contributed by atoms with Crippen molar-refractivity contribution < 1.29 is 14.6 Å². The molecule has 0 radical (unpaired) electrons. The van der Waals surface area contributed by atoms with Gasteiger partial charge in [0.25, 0.3) is 0 Å². The lowest BCUT2D eigenvalue weighted by atomic mass is 9.89. The minimum Gasteiger partial charge on any atom is -0.378 e. The van der Waals surface area contributed by atoms with Crippen molar-refractivity contribution in [2.24, 2.45) is 0 Å². The van der Waals surface area contributed by atoms with E-state index in [-0.39, 0.29) is 11.3 Å². The fourth-order valence-electron chi connectivity index (χ4n) is 1.89. The monoisotopic (exact) mass is 223 g/mol. The average Bonchev–Trinajstić information content (AvgIpc) is 2.51. The summed E-state index contributed by atoms with van der Waals surface area (Å²) in [5.74, 6) is -0.301. The Labute approximate surface area is 95.0 Å². The summed E-state index contributed by atoms with van der Waals surface area (Å²) in [6, 6.07) is 0. The van der Waals surface area contributed by atoms with Crippen molar-refractivity contribution in [1.29, 1.82) is 0 Å². The highest BCUT2D eigenvalue weighted by Crippen LogP contribution is 2.26. The van der Waals surface area contributed by atoms with Crippen LogP contribution in [-0.4, -0.2) is 34.9 Å². The molecule has 2 unspecified atom stereocenters. The first-order chi connectivity index (χ1) is 7.32. The lowest BCUT2D eigenvalue weighted by molar-refractivity contribution is -0.129. The molecule has 4 nitrogen and oxygen atoms in total. The first-order valence-corrected chi connectivity index (χ1v) is 5.38. The van der Waals surface area contributed by atoms with Crippen LogP contribution in [0.25, 0.3) is 0 Å². The predicted octanol–water partition coefficient (Wildman–Crippen LogP) is 0.527. The van der Waals surface area contributed by atoms with Crippen molar-refractivity contribution >= 4 is 5.78 Å². The van der Waals surface area contributed by atoms with Crippen molar-refractivity contribution in [3.8, 4) is 0 Å². The molecule has 1 aliphatic heterocycles. The zero-order valence-electron chi connectivity index (χ0n) is 9.78. The molecule has 0 spiro atoms. The van der Waals surface area contributed by atoms with Crippen molar-refractivity contribution in [3.05, 3.63) is 23.8 Å². The van der Waals surface area contributed by atoms with Crippen molar-refractivity contribution in [2.45, 2.75) is 38.1 Å². The number of hydrogen-bond acceptors (Lipinski definition) is 4. The molecular weight excluding hydrogens is 206 g/mol. The minimum atomic E-state index is -1.41. The molecule has 4 heteroatoms. The lowest BCUT2D eigenvalue weighted by Crippen LogP contribution is -2.45. The van der Waals surface area contributed by atoms with Crippen LogP contribution in [0.15, 0.2) is 23.8 Å². The van der Waals surface area contributed by atoms with Crippen LogP contribution in [0.1, 0.15) is 20.8 Å². The normalized spacial score (nSPS) is 37.6. The number of aliphatic hydroxyl groups is 1. The van der Waals surface area contributed by atoms with Gasteiger partial charge in [-0.05, 0) is 26.8 Å². The van der Waals surface area contributed by atoms with Gasteiger partial charge in [-0.15, -0.1) is 0 Å². The summed E-state index contributed by atoms with van der Waals surface area (Å²) in [6.07, 6.45) is 4.45. The van der Waals surface area contributed by atoms with E-state index in [1.54, 1.807) is 12.2 Å². The third-order valence-electron chi connectivity index (χ3n) is 2.83. The Hall–Kier alpha value is -0.970. The van der Waals surface area contributed by atoms with E-state index in [9.17, 15) is 9.90 Å². The zero-order valence-corrected chi connectivity index (χ0v) is 9.78. The summed E-state index contributed by atoms with van der Waals surface area (Å²) in [6.45, 7) is 6.05. The first kappa shape index (κ1) is 11.5. The van der Waals surface area contributed by atoms with Gasteiger partial charge in [0.1, 0.15) is 11.8 Å². The summed E-state index contributed by atoms with van der Waals surface area (Å²) < 4.78 is 5.53. The van der Waals surface area contributed by atoms with Crippen LogP contribution in [0, 0.1) is 0 Å². The van der Waals surface area contributed by atoms with Gasteiger partial charge in [-0.25, -0.2) is 0 Å². The van der Waals surface area contributed by atoms with Crippen LogP contribution in [0.2, 0.25) is 0 Å². The third kappa shape index (κ3) is 1.96. The van der Waals surface area contributed by atoms with E-state index >= 15 is 0 Å². The van der Waals surface area contributed by atoms with E-state index in [1.807, 2.05) is 13.8 Å². The van der Waals surface area contributed by atoms with Crippen LogP contribution >= 0.6 is 0 Å². The Balaban J connectivity index is 2.21. The second kappa shape index (κ2) is 3.52. The highest BCUT2D eigenvalue weighted by atomic mass is 16.5. The first-order valence-electron chi connectivity index (χ1n) is 5.38. The Morgan fingerprint density at radius 3 is 2.75 bits per heavy atom. The topological polar surface area (TPSA) is 58.6 Å². The van der Waals surface area contributed by atoms with Gasteiger partial charge in [-0.3, -0.25) is 10.1 Å². The van der Waals surface area contributed by atoms with Gasteiger partial charge in [0.15, 0.2) is 5.78 Å². The molecule has 0 bridgehead atoms. The van der Waals surface area contributed by atoms with E-state index in [0.717, 1.165) is 0 Å². The van der Waals surface area contributed by atoms with Gasteiger partial charge in [0.2, 0.25) is 0 Å². The summed E-state index contributed by atoms with van der Waals surface area (Å²) >= 11 is 0. The summed E-state index contributed by atoms with van der Waals surface area (Å²) in [5.41, 5.74) is -1.07. The van der Waals surface area contributed by atoms with Gasteiger partial charge in [-0.1, -0.05) is 12.2 Å². The van der Waals surface area contributed by atoms with E-state index in [1.165, 1.54) is 13.0 Å². The predicted molar refractivity (Wildman–Crippen MR) is 59.8 cm³/mol. The summed E-state index contributed by atoms with van der Waals surface area (Å²) in [4.78, 5) is 12.0. The van der Waals surface area contributed by atoms with E-state index in [0.29, 0.717) is 12.2 Å². The Bertz CT molecular complexity index is 380. The van der Waals surface area contributed by atoms with Crippen molar-refractivity contribution in [2.75, 3.05) is 6.61 Å². The maximum absolute atomic E-state index is 12.0. The largest absolute Gasteiger partial charge is 0.378 e. The maximum Gasteiger partial charge on any atom is 0.197 e. The Morgan fingerprint density at radius 2 is 2.19 bits per heavy atom. The highest BCUT2D eigenvalue weighted by molar-refractivity contribution is 6.04. The van der Waals surface area contributed by atoms with E-state index in [2.05, 4.69) is 5.32 Å². The Morgan fingerprint density at radius 1 is 1.50 bits per heavy atom. The number of carbonyl (C=O) groups excluding carboxylic acids is 1. The smallest absolute Gasteiger partial charge is 0.197 e. The molecular formula is C12H17NO3. The van der Waals surface area contributed by atoms with Crippen LogP contribution < -0.4 is 5.32 Å². The lowest BCUT2D eigenvalue weighted by Gasteiger charge is -2.26. The second-order valence-corrected chi connectivity index (χ2v) is 5.18. The van der Waals surface area contributed by atoms with E-state index < -0.39 is 11.8 Å². The molecule has 2 aliphatic rings. The summed E-state index contributed by atoms with van der Waals surface area (Å²) in [7, 11) is 0. The third-order valence-corrected chi connectivity index (χ3v) is 2.83. The molecule has 0 saturated carbocycles. The Kier molecular flexibility index (Phi) is 2.53. The van der Waals surface area contributed by atoms with Gasteiger partial charge < -0.3 is 9.84 Å². The SMILES string of the molecule is CC1(C)COC(C2=CC=CC(C)(O)C2=O)N1. The molecule has 0 amide bonds. The molecule has 1 fully saturated rings. The molecule has 0 aromatic heterocycles. The number of allylic oxidation sites excluding steroid dienone is 2. The van der Waals surface area contributed by atoms with Crippen molar-refractivity contribution in [1.82, 2.24) is 5.32 Å². The van der Waals surface area contributed by atoms with Gasteiger partial charge in [0, 0.05) is 11.1 Å². The molecule has 2 rings (SSSR count). The van der Waals surface area contributed by atoms with Gasteiger partial charge in [0.05, 0.1) is 6.61 Å². The van der Waals surface area contributed by atoms with Crippen LogP contribution in [0.3, 0.4) is 0 Å². The number of hydrogen-bond donors (Lipinski definition) is 2. The molecule has 88 valence electrons. The second-order valence-electron chi connectivity index (χ2n) is 5.18.